The van der Waals surface area contributed by atoms with Crippen LogP contribution >= 0.6 is 12.6 Å². The molecule has 0 fully saturated rings. The normalized spacial score (nSPS) is 12.1. The topological polar surface area (TPSA) is 83.8 Å². The Morgan fingerprint density at radius 2 is 2.20 bits per heavy atom. The van der Waals surface area contributed by atoms with E-state index < -0.39 is 22.5 Å². The molecule has 0 heterocycles. The van der Waals surface area contributed by atoms with Gasteiger partial charge in [-0.05, 0) is 0 Å². The minimum absolute atomic E-state index is 0.122. The number of carbonyl (C=O) groups is 1. The third-order valence-corrected chi connectivity index (χ3v) is 1.44. The summed E-state index contributed by atoms with van der Waals surface area (Å²) in [6.07, 6.45) is 0. The smallest absolute Gasteiger partial charge is 0.330 e. The first-order chi connectivity index (χ1) is 4.57. The zero-order valence-corrected chi connectivity index (χ0v) is 6.47. The number of hydrogen-bond acceptors (Lipinski definition) is 5. The molecule has 1 unspecified atom stereocenters. The molecule has 0 radical (unpaired) electrons. The van der Waals surface area contributed by atoms with Gasteiger partial charge in [0.2, 0.25) is 0 Å². The molecule has 1 atom stereocenters. The van der Waals surface area contributed by atoms with Crippen LogP contribution in [-0.2, 0) is 15.3 Å². The molecule has 0 saturated heterocycles. The lowest BCUT2D eigenvalue weighted by Crippen LogP contribution is -2.18. The second kappa shape index (κ2) is 4.29. The van der Waals surface area contributed by atoms with Gasteiger partial charge in [0.25, 0.3) is 0 Å². The standard InChI is InChI=1S/C3H5NO4S2/c5-3(6)2(1-9)4-10(7)8/h2,9H,1H2,(H,5,6). The first-order valence-corrected chi connectivity index (χ1v) is 3.88. The summed E-state index contributed by atoms with van der Waals surface area (Å²) in [7, 11) is -2.67. The van der Waals surface area contributed by atoms with Crippen molar-refractivity contribution in [1.29, 1.82) is 0 Å². The summed E-state index contributed by atoms with van der Waals surface area (Å²) in [5.74, 6) is -1.41. The van der Waals surface area contributed by atoms with E-state index in [0.717, 1.165) is 0 Å². The van der Waals surface area contributed by atoms with Crippen molar-refractivity contribution in [3.8, 4) is 0 Å². The van der Waals surface area contributed by atoms with Gasteiger partial charge in [-0.3, -0.25) is 0 Å². The molecule has 0 aromatic heterocycles. The summed E-state index contributed by atoms with van der Waals surface area (Å²) in [6, 6.07) is -1.26. The Balaban J connectivity index is 4.39. The molecule has 0 aromatic carbocycles. The second-order valence-electron chi connectivity index (χ2n) is 1.36. The predicted octanol–water partition coefficient (Wildman–Crippen LogP) is -0.568. The van der Waals surface area contributed by atoms with Crippen molar-refractivity contribution < 1.29 is 18.3 Å². The fraction of sp³-hybridized carbons (Fsp3) is 0.667. The number of nitrogens with zero attached hydrogens (tertiary/aromatic N) is 1. The van der Waals surface area contributed by atoms with E-state index in [1.165, 1.54) is 0 Å². The predicted molar refractivity (Wildman–Crippen MR) is 36.6 cm³/mol. The fourth-order valence-electron chi connectivity index (χ4n) is 0.260. The Bertz CT molecular complexity index is 235. The van der Waals surface area contributed by atoms with Gasteiger partial charge in [-0.2, -0.15) is 25.4 Å². The molecular formula is C3H5NO4S2. The SMILES string of the molecule is O=C(O)C(CS)N=S(=O)=O. The molecule has 7 heteroatoms. The van der Waals surface area contributed by atoms with Gasteiger partial charge in [0.15, 0.2) is 6.04 Å². The van der Waals surface area contributed by atoms with Crippen molar-refractivity contribution in [1.82, 2.24) is 0 Å². The molecule has 0 aliphatic heterocycles. The molecule has 0 saturated carbocycles. The van der Waals surface area contributed by atoms with E-state index in [1.807, 2.05) is 0 Å². The summed E-state index contributed by atoms with van der Waals surface area (Å²) in [6.45, 7) is 0. The van der Waals surface area contributed by atoms with Crippen LogP contribution in [0.15, 0.2) is 4.36 Å². The highest BCUT2D eigenvalue weighted by atomic mass is 32.2. The quantitative estimate of drug-likeness (QED) is 0.574. The van der Waals surface area contributed by atoms with Crippen LogP contribution in [0.3, 0.4) is 0 Å². The molecule has 5 nitrogen and oxygen atoms in total. The molecule has 10 heavy (non-hydrogen) atoms. The Labute approximate surface area is 64.2 Å². The number of thiol groups is 1. The Morgan fingerprint density at radius 1 is 1.70 bits per heavy atom. The van der Waals surface area contributed by atoms with Crippen LogP contribution in [0.1, 0.15) is 0 Å². The number of carboxylic acids is 1. The lowest BCUT2D eigenvalue weighted by molar-refractivity contribution is -0.137. The minimum atomic E-state index is -2.67. The molecule has 0 bridgehead atoms. The van der Waals surface area contributed by atoms with Gasteiger partial charge < -0.3 is 5.11 Å². The first kappa shape index (κ1) is 9.44. The van der Waals surface area contributed by atoms with E-state index in [0.29, 0.717) is 0 Å². The second-order valence-corrected chi connectivity index (χ2v) is 2.37. The highest BCUT2D eigenvalue weighted by Gasteiger charge is 2.13. The molecule has 0 aliphatic rings. The van der Waals surface area contributed by atoms with Gasteiger partial charge in [-0.25, -0.2) is 4.79 Å². The summed E-state index contributed by atoms with van der Waals surface area (Å²) >= 11 is 3.58. The Hall–Kier alpha value is -0.560. The summed E-state index contributed by atoms with van der Waals surface area (Å²) in [4.78, 5) is 10.1. The molecule has 0 spiro atoms. The lowest BCUT2D eigenvalue weighted by Gasteiger charge is -1.95. The van der Waals surface area contributed by atoms with Crippen molar-refractivity contribution in [3.63, 3.8) is 0 Å². The largest absolute Gasteiger partial charge is 0.480 e. The molecule has 1 N–H and O–H groups in total. The van der Waals surface area contributed by atoms with Gasteiger partial charge in [0.05, 0.1) is 0 Å². The van der Waals surface area contributed by atoms with Gasteiger partial charge in [-0.1, -0.05) is 0 Å². The molecule has 0 aromatic rings. The van der Waals surface area contributed by atoms with Crippen LogP contribution in [0.5, 0.6) is 0 Å². The molecular weight excluding hydrogens is 178 g/mol. The van der Waals surface area contributed by atoms with Crippen molar-refractivity contribution in [2.24, 2.45) is 4.36 Å². The highest BCUT2D eigenvalue weighted by Crippen LogP contribution is 1.93. The maximum Gasteiger partial charge on any atom is 0.330 e. The van der Waals surface area contributed by atoms with E-state index in [-0.39, 0.29) is 5.75 Å². The van der Waals surface area contributed by atoms with Gasteiger partial charge >= 0.3 is 16.5 Å². The average molecular weight is 183 g/mol. The zero-order valence-electron chi connectivity index (χ0n) is 4.76. The van der Waals surface area contributed by atoms with Gasteiger partial charge in [-0.15, -0.1) is 0 Å². The molecule has 0 rings (SSSR count). The van der Waals surface area contributed by atoms with Crippen LogP contribution in [0.25, 0.3) is 0 Å². The van der Waals surface area contributed by atoms with E-state index in [1.54, 1.807) is 0 Å². The number of carboxylic acid groups (broad SMARTS) is 1. The van der Waals surface area contributed by atoms with Crippen LogP contribution in [0, 0.1) is 0 Å². The van der Waals surface area contributed by atoms with Crippen LogP contribution in [-0.4, -0.2) is 31.3 Å². The maximum absolute atomic E-state index is 10.1. The maximum atomic E-state index is 10.1. The Morgan fingerprint density at radius 3 is 2.30 bits per heavy atom. The summed E-state index contributed by atoms with van der Waals surface area (Å²) < 4.78 is 22.5. The van der Waals surface area contributed by atoms with Gasteiger partial charge in [0.1, 0.15) is 0 Å². The number of hydrogen-bond donors (Lipinski definition) is 2. The van der Waals surface area contributed by atoms with Gasteiger partial charge in [0, 0.05) is 5.75 Å². The van der Waals surface area contributed by atoms with Crippen molar-refractivity contribution in [3.05, 3.63) is 0 Å². The van der Waals surface area contributed by atoms with E-state index in [2.05, 4.69) is 17.0 Å². The number of aliphatic carboxylic acids is 1. The zero-order chi connectivity index (χ0) is 8.15. The monoisotopic (exact) mass is 183 g/mol. The van der Waals surface area contributed by atoms with E-state index in [4.69, 9.17) is 5.11 Å². The summed E-state index contributed by atoms with van der Waals surface area (Å²) in [5.41, 5.74) is 0. The van der Waals surface area contributed by atoms with Crippen LogP contribution in [0.4, 0.5) is 0 Å². The average Bonchev–Trinajstić information content (AvgIpc) is 1.81. The third-order valence-electron chi connectivity index (χ3n) is 0.671. The molecule has 0 aliphatic carbocycles. The Kier molecular flexibility index (Phi) is 4.05. The van der Waals surface area contributed by atoms with Crippen molar-refractivity contribution in [2.75, 3.05) is 5.75 Å². The van der Waals surface area contributed by atoms with E-state index in [9.17, 15) is 13.2 Å². The highest BCUT2D eigenvalue weighted by molar-refractivity contribution is 7.80. The van der Waals surface area contributed by atoms with Crippen molar-refractivity contribution >= 4 is 29.1 Å². The van der Waals surface area contributed by atoms with Crippen LogP contribution in [0.2, 0.25) is 0 Å². The first-order valence-electron chi connectivity index (χ1n) is 2.21. The lowest BCUT2D eigenvalue weighted by atomic mass is 10.4. The fourth-order valence-corrected chi connectivity index (χ4v) is 0.981. The third kappa shape index (κ3) is 3.46. The van der Waals surface area contributed by atoms with Crippen molar-refractivity contribution in [2.45, 2.75) is 6.04 Å². The molecule has 0 amide bonds. The van der Waals surface area contributed by atoms with Crippen LogP contribution < -0.4 is 0 Å². The molecule has 58 valence electrons. The summed E-state index contributed by atoms with van der Waals surface area (Å²) in [5, 5.41) is 8.21. The number of rotatable bonds is 3. The van der Waals surface area contributed by atoms with E-state index >= 15 is 0 Å². The minimum Gasteiger partial charge on any atom is -0.480 e.